The molecule has 7 nitrogen and oxygen atoms in total. The van der Waals surface area contributed by atoms with Crippen LogP contribution in [0.1, 0.15) is 78.8 Å². The van der Waals surface area contributed by atoms with Crippen molar-refractivity contribution >= 4 is 17.8 Å². The summed E-state index contributed by atoms with van der Waals surface area (Å²) in [7, 11) is 0. The molecule has 8 heteroatoms. The number of nitrogens with two attached hydrogens (primary N) is 1. The van der Waals surface area contributed by atoms with Crippen LogP contribution in [0, 0.1) is 16.6 Å². The van der Waals surface area contributed by atoms with Crippen LogP contribution in [0.5, 0.6) is 0 Å². The van der Waals surface area contributed by atoms with Gasteiger partial charge >= 0.3 is 11.9 Å². The number of hydrogen-bond donors (Lipinski definition) is 1. The molecular formula is C25H37FN2O5. The van der Waals surface area contributed by atoms with E-state index in [0.29, 0.717) is 31.2 Å². The predicted molar refractivity (Wildman–Crippen MR) is 122 cm³/mol. The van der Waals surface area contributed by atoms with Gasteiger partial charge in [-0.25, -0.2) is 4.39 Å². The molecule has 1 aliphatic heterocycles. The molecule has 0 spiro atoms. The van der Waals surface area contributed by atoms with Crippen LogP contribution in [0.4, 0.5) is 4.39 Å². The average molecular weight is 465 g/mol. The van der Waals surface area contributed by atoms with Gasteiger partial charge in [0.2, 0.25) is 12.7 Å². The Morgan fingerprint density at radius 2 is 1.73 bits per heavy atom. The minimum Gasteiger partial charge on any atom is -0.427 e. The van der Waals surface area contributed by atoms with Gasteiger partial charge in [0.15, 0.2) is 0 Å². The van der Waals surface area contributed by atoms with Gasteiger partial charge in [0, 0.05) is 6.04 Å². The molecule has 33 heavy (non-hydrogen) atoms. The summed E-state index contributed by atoms with van der Waals surface area (Å²) < 4.78 is 24.5. The largest absolute Gasteiger partial charge is 0.427 e. The fraction of sp³-hybridized carbons (Fsp3) is 0.640. The first-order valence-corrected chi connectivity index (χ1v) is 11.6. The molecular weight excluding hydrogens is 427 g/mol. The van der Waals surface area contributed by atoms with Gasteiger partial charge in [0.05, 0.1) is 22.9 Å². The van der Waals surface area contributed by atoms with Crippen LogP contribution in [-0.4, -0.2) is 41.6 Å². The van der Waals surface area contributed by atoms with E-state index in [4.69, 9.17) is 15.2 Å². The predicted octanol–water partition coefficient (Wildman–Crippen LogP) is 4.10. The smallest absolute Gasteiger partial charge is 0.317 e. The first kappa shape index (κ1) is 26.8. The minimum absolute atomic E-state index is 0.301. The van der Waals surface area contributed by atoms with Gasteiger partial charge < -0.3 is 20.1 Å². The van der Waals surface area contributed by atoms with E-state index in [9.17, 15) is 18.8 Å². The second-order valence-electron chi connectivity index (χ2n) is 9.79. The lowest BCUT2D eigenvalue weighted by Gasteiger charge is -2.42. The second-order valence-corrected chi connectivity index (χ2v) is 9.79. The molecule has 0 aromatic heterocycles. The minimum atomic E-state index is -1.01. The Labute approximate surface area is 195 Å². The molecule has 1 fully saturated rings. The number of benzene rings is 1. The van der Waals surface area contributed by atoms with Crippen molar-refractivity contribution in [1.29, 1.82) is 0 Å². The molecule has 2 rings (SSSR count). The Morgan fingerprint density at radius 1 is 1.12 bits per heavy atom. The van der Waals surface area contributed by atoms with Gasteiger partial charge in [-0.3, -0.25) is 14.4 Å². The van der Waals surface area contributed by atoms with Crippen LogP contribution < -0.4 is 5.73 Å². The van der Waals surface area contributed by atoms with Crippen LogP contribution in [0.3, 0.4) is 0 Å². The summed E-state index contributed by atoms with van der Waals surface area (Å²) in [5.41, 5.74) is 4.90. The lowest BCUT2D eigenvalue weighted by molar-refractivity contribution is -0.183. The molecule has 1 aromatic carbocycles. The van der Waals surface area contributed by atoms with E-state index in [1.807, 2.05) is 13.8 Å². The highest BCUT2D eigenvalue weighted by Crippen LogP contribution is 2.47. The summed E-state index contributed by atoms with van der Waals surface area (Å²) in [6, 6.07) is 4.50. The summed E-state index contributed by atoms with van der Waals surface area (Å²) in [6.07, 6.45) is 1.94. The highest BCUT2D eigenvalue weighted by molar-refractivity contribution is 5.85. The summed E-state index contributed by atoms with van der Waals surface area (Å²) in [5, 5.41) is 0. The molecule has 0 saturated carbocycles. The fourth-order valence-corrected chi connectivity index (χ4v) is 4.58. The van der Waals surface area contributed by atoms with Crippen molar-refractivity contribution in [3.05, 3.63) is 35.6 Å². The molecule has 2 N–H and O–H groups in total. The number of ether oxygens (including phenoxy) is 2. The quantitative estimate of drug-likeness (QED) is 0.459. The van der Waals surface area contributed by atoms with Crippen molar-refractivity contribution in [1.82, 2.24) is 4.90 Å². The third kappa shape index (κ3) is 5.72. The Kier molecular flexibility index (Phi) is 8.63. The van der Waals surface area contributed by atoms with Gasteiger partial charge in [0.1, 0.15) is 5.82 Å². The number of carbonyl (C=O) groups is 3. The highest BCUT2D eigenvalue weighted by atomic mass is 19.1. The van der Waals surface area contributed by atoms with Crippen LogP contribution in [-0.2, 0) is 23.9 Å². The zero-order valence-electron chi connectivity index (χ0n) is 20.5. The molecule has 0 aliphatic carbocycles. The number of likely N-dealkylation sites (tertiary alicyclic amines) is 1. The maximum absolute atomic E-state index is 13.9. The summed E-state index contributed by atoms with van der Waals surface area (Å²) in [4.78, 5) is 40.2. The van der Waals surface area contributed by atoms with Crippen LogP contribution in [0.15, 0.2) is 24.3 Å². The van der Waals surface area contributed by atoms with E-state index in [0.717, 1.165) is 0 Å². The Bertz CT molecular complexity index is 861. The maximum atomic E-state index is 13.9. The molecule has 0 radical (unpaired) electrons. The fourth-order valence-electron chi connectivity index (χ4n) is 4.58. The molecule has 1 heterocycles. The molecule has 0 bridgehead atoms. The van der Waals surface area contributed by atoms with E-state index < -0.39 is 47.7 Å². The van der Waals surface area contributed by atoms with Crippen molar-refractivity contribution < 1.29 is 28.2 Å². The molecule has 3 atom stereocenters. The van der Waals surface area contributed by atoms with E-state index in [1.54, 1.807) is 44.7 Å². The van der Waals surface area contributed by atoms with Crippen LogP contribution >= 0.6 is 0 Å². The maximum Gasteiger partial charge on any atom is 0.317 e. The van der Waals surface area contributed by atoms with E-state index in [1.165, 1.54) is 12.1 Å². The van der Waals surface area contributed by atoms with E-state index in [2.05, 4.69) is 0 Å². The summed E-state index contributed by atoms with van der Waals surface area (Å²) >= 11 is 0. The van der Waals surface area contributed by atoms with Crippen molar-refractivity contribution in [2.75, 3.05) is 6.79 Å². The highest BCUT2D eigenvalue weighted by Gasteiger charge is 2.53. The lowest BCUT2D eigenvalue weighted by Crippen LogP contribution is -2.55. The molecule has 1 aliphatic rings. The second kappa shape index (κ2) is 10.6. The normalized spacial score (nSPS) is 19.8. The Morgan fingerprint density at radius 3 is 2.24 bits per heavy atom. The van der Waals surface area contributed by atoms with Gasteiger partial charge in [-0.1, -0.05) is 26.0 Å². The number of nitrogens with zero attached hydrogens (tertiary/aromatic N) is 1. The van der Waals surface area contributed by atoms with Crippen molar-refractivity contribution in [3.63, 3.8) is 0 Å². The first-order chi connectivity index (χ1) is 15.4. The van der Waals surface area contributed by atoms with Gasteiger partial charge in [-0.2, -0.15) is 0 Å². The number of hydrogen-bond acceptors (Lipinski definition) is 6. The van der Waals surface area contributed by atoms with Gasteiger partial charge in [-0.15, -0.1) is 0 Å². The van der Waals surface area contributed by atoms with E-state index in [-0.39, 0.29) is 11.7 Å². The van der Waals surface area contributed by atoms with Crippen molar-refractivity contribution in [3.8, 4) is 0 Å². The van der Waals surface area contributed by atoms with Gasteiger partial charge in [-0.05, 0) is 71.1 Å². The number of esters is 2. The average Bonchev–Trinajstić information content (AvgIpc) is 3.19. The number of rotatable bonds is 8. The Hall–Kier alpha value is -2.48. The van der Waals surface area contributed by atoms with Crippen molar-refractivity contribution in [2.45, 2.75) is 85.4 Å². The summed E-state index contributed by atoms with van der Waals surface area (Å²) in [6.45, 7) is 9.99. The van der Waals surface area contributed by atoms with Crippen LogP contribution in [0.2, 0.25) is 0 Å². The third-order valence-corrected chi connectivity index (χ3v) is 6.56. The van der Waals surface area contributed by atoms with Crippen molar-refractivity contribution in [2.24, 2.45) is 16.6 Å². The van der Waals surface area contributed by atoms with Crippen LogP contribution in [0.25, 0.3) is 0 Å². The third-order valence-electron chi connectivity index (χ3n) is 6.56. The molecule has 184 valence electrons. The standard InChI is InChI=1S/C25H37FN2O5/c1-7-25(8-2,23(31)33-15-32-22(30)24(4,5)6)20-13-12-19(28(20)21(29)16(3)27)17-10-9-11-18(26)14-17/h9-11,14,16,19-20H,7-8,12-13,15,27H2,1-6H3/t16-,19+,20-/m1/s1. The number of halogens is 1. The van der Waals surface area contributed by atoms with Gasteiger partial charge in [0.25, 0.3) is 0 Å². The zero-order valence-corrected chi connectivity index (χ0v) is 20.5. The molecule has 1 amide bonds. The van der Waals surface area contributed by atoms with E-state index >= 15 is 0 Å². The zero-order chi connectivity index (χ0) is 25.0. The SMILES string of the molecule is CCC(CC)(C(=O)OCOC(=O)C(C)(C)C)[C@H]1CC[C@@H](c2cccc(F)c2)N1C(=O)[C@@H](C)N. The first-order valence-electron chi connectivity index (χ1n) is 11.6. The topological polar surface area (TPSA) is 98.9 Å². The molecule has 1 aromatic rings. The summed E-state index contributed by atoms with van der Waals surface area (Å²) in [5.74, 6) is -1.69. The Balaban J connectivity index is 2.35. The molecule has 0 unspecified atom stereocenters. The molecule has 1 saturated heterocycles. The monoisotopic (exact) mass is 464 g/mol. The number of carbonyl (C=O) groups excluding carboxylic acids is 3. The lowest BCUT2D eigenvalue weighted by atomic mass is 9.74. The number of amides is 1.